The van der Waals surface area contributed by atoms with Crippen LogP contribution < -0.4 is 0 Å². The number of hydrogen-bond donors (Lipinski definition) is 22. The van der Waals surface area contributed by atoms with Gasteiger partial charge in [0.1, 0.15) is 61.0 Å². The molecule has 0 spiro atoms. The summed E-state index contributed by atoms with van der Waals surface area (Å²) in [5.41, 5.74) is 0. The minimum absolute atomic E-state index is 0.0833. The van der Waals surface area contributed by atoms with Crippen LogP contribution in [0.15, 0.2) is 0 Å². The van der Waals surface area contributed by atoms with Gasteiger partial charge in [-0.1, -0.05) is 13.8 Å². The smallest absolute Gasteiger partial charge is 0.313 e. The fourth-order valence-corrected chi connectivity index (χ4v) is 1.83. The Morgan fingerprint density at radius 2 is 0.500 bits per heavy atom. The summed E-state index contributed by atoms with van der Waals surface area (Å²) in [4.78, 5) is 9.29. The van der Waals surface area contributed by atoms with Crippen LogP contribution in [0.2, 0.25) is 0 Å². The summed E-state index contributed by atoms with van der Waals surface area (Å²) in [5.74, 6) is 1.56. The molecule has 0 saturated heterocycles. The second kappa shape index (κ2) is 50.5. The molecule has 0 unspecified atom stereocenters. The van der Waals surface area contributed by atoms with Gasteiger partial charge in [-0.2, -0.15) is 24.4 Å². The van der Waals surface area contributed by atoms with Crippen LogP contribution in [0.3, 0.4) is 0 Å². The molecule has 0 radical (unpaired) electrons. The van der Waals surface area contributed by atoms with Crippen LogP contribution in [0, 0.1) is 0 Å². The van der Waals surface area contributed by atoms with Gasteiger partial charge in [0.2, 0.25) is 0 Å². The van der Waals surface area contributed by atoms with Gasteiger partial charge in [0, 0.05) is 0 Å². The highest BCUT2D eigenvalue weighted by Crippen LogP contribution is 1.93. The predicted molar refractivity (Wildman–Crippen MR) is 181 cm³/mol. The van der Waals surface area contributed by atoms with Crippen LogP contribution >= 0.6 is 24.4 Å². The van der Waals surface area contributed by atoms with Crippen molar-refractivity contribution in [3.63, 3.8) is 0 Å². The third-order valence-electron chi connectivity index (χ3n) is 4.63. The first-order chi connectivity index (χ1) is 23.3. The van der Waals surface area contributed by atoms with Gasteiger partial charge in [-0.3, -0.25) is 4.79 Å². The Morgan fingerprint density at radius 3 is 0.520 bits per heavy atom. The molecular formula is C26H64O22S2. The van der Waals surface area contributed by atoms with Crippen molar-refractivity contribution in [3.05, 3.63) is 0 Å². The standard InChI is InChI=1S/5C4H10O4.C4H10S.C2H4O2S/c5*5-1-3(7)4(8)2-6;1-3-5-4-2;3-2(4)1-5/h5*3-8H,1-2H2;3-4H2,1-2H3;5H,1H2,(H,3,4)/t5*3-,4+;;. The SMILES string of the molecule is CCSCC.O=C(O)CS.OC[C@@H](O)[C@@H](O)CO.OC[C@@H](O)[C@@H](O)CO.OC[C@@H](O)[C@@H](O)CO.OC[C@@H](O)[C@@H](O)CO.OC[C@@H](O)[C@@H](O)CO. The second-order valence-corrected chi connectivity index (χ2v) is 10.7. The Balaban J connectivity index is -0.0000000870. The van der Waals surface area contributed by atoms with E-state index in [4.69, 9.17) is 107 Å². The van der Waals surface area contributed by atoms with Crippen LogP contribution in [-0.4, -0.2) is 258 Å². The highest BCUT2D eigenvalue weighted by molar-refractivity contribution is 7.99. The first-order valence-corrected chi connectivity index (χ1v) is 16.4. The van der Waals surface area contributed by atoms with E-state index in [9.17, 15) is 4.79 Å². The van der Waals surface area contributed by atoms with Gasteiger partial charge >= 0.3 is 5.97 Å². The van der Waals surface area contributed by atoms with Crippen molar-refractivity contribution in [1.29, 1.82) is 0 Å². The average molecular weight is 793 g/mol. The maximum Gasteiger partial charge on any atom is 0.313 e. The van der Waals surface area contributed by atoms with Crippen molar-refractivity contribution in [1.82, 2.24) is 0 Å². The number of thiol groups is 1. The fourth-order valence-electron chi connectivity index (χ4n) is 1.42. The predicted octanol–water partition coefficient (Wildman–Crippen LogP) is -9.78. The van der Waals surface area contributed by atoms with E-state index in [1.807, 2.05) is 11.8 Å². The molecule has 0 aliphatic heterocycles. The third-order valence-corrected chi connectivity index (χ3v) is 5.72. The normalized spacial score (nSPS) is 16.0. The van der Waals surface area contributed by atoms with Crippen LogP contribution in [0.25, 0.3) is 0 Å². The molecular weight excluding hydrogens is 728 g/mol. The molecule has 0 aromatic heterocycles. The van der Waals surface area contributed by atoms with E-state index in [0.717, 1.165) is 0 Å². The van der Waals surface area contributed by atoms with Gasteiger partial charge in [0.25, 0.3) is 0 Å². The van der Waals surface area contributed by atoms with Crippen LogP contribution in [0.5, 0.6) is 0 Å². The molecule has 24 heteroatoms. The largest absolute Gasteiger partial charge is 0.481 e. The Morgan fingerprint density at radius 1 is 0.400 bits per heavy atom. The molecule has 10 atom stereocenters. The summed E-state index contributed by atoms with van der Waals surface area (Å²) in [5, 5.41) is 173. The lowest BCUT2D eigenvalue weighted by molar-refractivity contribution is -0.133. The molecule has 0 aromatic carbocycles. The zero-order valence-corrected chi connectivity index (χ0v) is 29.8. The Hall–Kier alpha value is -0.630. The first-order valence-electron chi connectivity index (χ1n) is 14.6. The van der Waals surface area contributed by atoms with Gasteiger partial charge in [-0.15, -0.1) is 0 Å². The number of hydrogen-bond acceptors (Lipinski definition) is 23. The number of aliphatic hydroxyl groups excluding tert-OH is 20. The van der Waals surface area contributed by atoms with Crippen molar-refractivity contribution in [2.24, 2.45) is 0 Å². The Bertz CT molecular complexity index is 485. The molecule has 0 bridgehead atoms. The summed E-state index contributed by atoms with van der Waals surface area (Å²) in [7, 11) is 0. The minimum Gasteiger partial charge on any atom is -0.481 e. The lowest BCUT2D eigenvalue weighted by atomic mass is 10.2. The Labute approximate surface area is 300 Å². The van der Waals surface area contributed by atoms with E-state index in [1.54, 1.807) is 0 Å². The topological polar surface area (TPSA) is 442 Å². The highest BCUT2D eigenvalue weighted by Gasteiger charge is 2.14. The van der Waals surface area contributed by atoms with E-state index in [1.165, 1.54) is 11.5 Å². The fraction of sp³-hybridized carbons (Fsp3) is 0.962. The van der Waals surface area contributed by atoms with Gasteiger partial charge in [0.15, 0.2) is 0 Å². The van der Waals surface area contributed by atoms with E-state index in [0.29, 0.717) is 0 Å². The first kappa shape index (κ1) is 64.3. The summed E-state index contributed by atoms with van der Waals surface area (Å²) < 4.78 is 0. The molecule has 0 heterocycles. The number of rotatable bonds is 18. The number of carbonyl (C=O) groups is 1. The number of thioether (sulfide) groups is 1. The number of carboxylic acid groups (broad SMARTS) is 1. The monoisotopic (exact) mass is 792 g/mol. The minimum atomic E-state index is -1.22. The van der Waals surface area contributed by atoms with Crippen molar-refractivity contribution in [2.45, 2.75) is 74.9 Å². The van der Waals surface area contributed by atoms with E-state index in [2.05, 4.69) is 26.5 Å². The molecule has 0 rings (SSSR count). The maximum absolute atomic E-state index is 9.29. The van der Waals surface area contributed by atoms with Gasteiger partial charge in [0.05, 0.1) is 71.8 Å². The molecule has 0 saturated carbocycles. The van der Waals surface area contributed by atoms with E-state index < -0.39 is 133 Å². The number of aliphatic hydroxyl groups is 20. The molecule has 0 aliphatic carbocycles. The van der Waals surface area contributed by atoms with Gasteiger partial charge in [-0.05, 0) is 11.5 Å². The molecule has 0 amide bonds. The Kier molecular flexibility index (Phi) is 65.0. The van der Waals surface area contributed by atoms with Crippen molar-refractivity contribution in [3.8, 4) is 0 Å². The maximum atomic E-state index is 9.29. The number of carboxylic acids is 1. The molecule has 0 fully saturated rings. The molecule has 312 valence electrons. The zero-order chi connectivity index (χ0) is 41.3. The molecule has 21 N–H and O–H groups in total. The van der Waals surface area contributed by atoms with Crippen molar-refractivity contribution >= 4 is 30.4 Å². The van der Waals surface area contributed by atoms with Crippen LogP contribution in [0.1, 0.15) is 13.8 Å². The van der Waals surface area contributed by atoms with Crippen LogP contribution in [-0.2, 0) is 4.79 Å². The summed E-state index contributed by atoms with van der Waals surface area (Å²) in [6.45, 7) is -0.911. The van der Waals surface area contributed by atoms with Crippen molar-refractivity contribution in [2.75, 3.05) is 83.3 Å². The summed E-state index contributed by atoms with van der Waals surface area (Å²) in [6.07, 6.45) is -12.2. The van der Waals surface area contributed by atoms with Crippen molar-refractivity contribution < 1.29 is 112 Å². The highest BCUT2D eigenvalue weighted by atomic mass is 32.2. The molecule has 0 aromatic rings. The zero-order valence-electron chi connectivity index (χ0n) is 28.1. The lowest BCUT2D eigenvalue weighted by Gasteiger charge is -2.10. The van der Waals surface area contributed by atoms with E-state index >= 15 is 0 Å². The lowest BCUT2D eigenvalue weighted by Crippen LogP contribution is -2.31. The molecule has 50 heavy (non-hydrogen) atoms. The molecule has 0 aliphatic rings. The average Bonchev–Trinajstić information content (AvgIpc) is 3.15. The second-order valence-electron chi connectivity index (χ2n) is 8.83. The summed E-state index contributed by atoms with van der Waals surface area (Å²) in [6, 6.07) is 0. The van der Waals surface area contributed by atoms with Gasteiger partial charge < -0.3 is 107 Å². The molecule has 22 nitrogen and oxygen atoms in total. The summed E-state index contributed by atoms with van der Waals surface area (Å²) >= 11 is 5.38. The number of aliphatic carboxylic acids is 1. The van der Waals surface area contributed by atoms with Gasteiger partial charge in [-0.25, -0.2) is 0 Å². The third kappa shape index (κ3) is 54.2. The van der Waals surface area contributed by atoms with E-state index in [-0.39, 0.29) is 5.75 Å². The quantitative estimate of drug-likeness (QED) is 0.0573. The van der Waals surface area contributed by atoms with Crippen LogP contribution in [0.4, 0.5) is 0 Å².